The molecular weight excluding hydrogens is 337 g/mol. The van der Waals surface area contributed by atoms with Gasteiger partial charge in [-0.3, -0.25) is 4.79 Å². The van der Waals surface area contributed by atoms with Crippen LogP contribution in [0.1, 0.15) is 46.1 Å². The van der Waals surface area contributed by atoms with Crippen LogP contribution in [0.3, 0.4) is 0 Å². The predicted molar refractivity (Wildman–Crippen MR) is 96.6 cm³/mol. The van der Waals surface area contributed by atoms with Gasteiger partial charge in [0.05, 0.1) is 11.8 Å². The molecule has 0 aliphatic heterocycles. The molecule has 23 heavy (non-hydrogen) atoms. The topological polar surface area (TPSA) is 38.3 Å². The fourth-order valence-corrected chi connectivity index (χ4v) is 2.74. The molecule has 1 N–H and O–H groups in total. The van der Waals surface area contributed by atoms with Crippen molar-refractivity contribution in [3.63, 3.8) is 0 Å². The van der Waals surface area contributed by atoms with Crippen molar-refractivity contribution < 1.29 is 13.9 Å². The van der Waals surface area contributed by atoms with Crippen LogP contribution in [0.4, 0.5) is 10.1 Å². The molecule has 0 aliphatic rings. The number of benzene rings is 1. The van der Waals surface area contributed by atoms with E-state index in [0.717, 1.165) is 0 Å². The Hall–Kier alpha value is -1.20. The van der Waals surface area contributed by atoms with Crippen LogP contribution in [0.5, 0.6) is 0 Å². The van der Waals surface area contributed by atoms with E-state index in [0.29, 0.717) is 29.9 Å². The fourth-order valence-electron chi connectivity index (χ4n) is 2.18. The Morgan fingerprint density at radius 2 is 1.96 bits per heavy atom. The first-order valence-electron chi connectivity index (χ1n) is 7.76. The van der Waals surface area contributed by atoms with Gasteiger partial charge in [-0.15, -0.1) is 0 Å². The second-order valence-electron chi connectivity index (χ2n) is 5.64. The van der Waals surface area contributed by atoms with E-state index in [9.17, 15) is 9.18 Å². The molecule has 1 rings (SSSR count). The lowest BCUT2D eigenvalue weighted by Gasteiger charge is -2.16. The SMILES string of the molecule is CCC(CC)C(=O)Nc1cc(CC(=S)OC(C)C)c(Cl)cc1F. The summed E-state index contributed by atoms with van der Waals surface area (Å²) >= 11 is 11.2. The Labute approximate surface area is 147 Å². The van der Waals surface area contributed by atoms with E-state index < -0.39 is 5.82 Å². The minimum absolute atomic E-state index is 0.0317. The first kappa shape index (κ1) is 19.8. The number of thiocarbonyl (C=S) groups is 1. The summed E-state index contributed by atoms with van der Waals surface area (Å²) in [6, 6.07) is 2.71. The quantitative estimate of drug-likeness (QED) is 0.684. The summed E-state index contributed by atoms with van der Waals surface area (Å²) in [5, 5.41) is 3.28. The molecule has 0 atom stereocenters. The van der Waals surface area contributed by atoms with Gasteiger partial charge in [0.25, 0.3) is 0 Å². The van der Waals surface area contributed by atoms with Gasteiger partial charge >= 0.3 is 0 Å². The summed E-state index contributed by atoms with van der Waals surface area (Å²) in [5.41, 5.74) is 0.743. The average molecular weight is 360 g/mol. The minimum atomic E-state index is -0.561. The number of halogens is 2. The fraction of sp³-hybridized carbons (Fsp3) is 0.529. The van der Waals surface area contributed by atoms with Gasteiger partial charge in [0.1, 0.15) is 5.82 Å². The zero-order valence-electron chi connectivity index (χ0n) is 13.9. The third-order valence-corrected chi connectivity index (χ3v) is 4.04. The van der Waals surface area contributed by atoms with E-state index in [2.05, 4.69) is 5.32 Å². The van der Waals surface area contributed by atoms with Gasteiger partial charge in [-0.1, -0.05) is 25.4 Å². The van der Waals surface area contributed by atoms with Crippen LogP contribution in [-0.4, -0.2) is 17.1 Å². The maximum absolute atomic E-state index is 14.0. The van der Waals surface area contributed by atoms with Crippen molar-refractivity contribution >= 4 is 40.5 Å². The van der Waals surface area contributed by atoms with Crippen LogP contribution >= 0.6 is 23.8 Å². The van der Waals surface area contributed by atoms with E-state index in [1.54, 1.807) is 0 Å². The Morgan fingerprint density at radius 3 is 2.48 bits per heavy atom. The molecule has 0 aliphatic carbocycles. The molecule has 1 aromatic carbocycles. The zero-order valence-corrected chi connectivity index (χ0v) is 15.5. The van der Waals surface area contributed by atoms with Gasteiger partial charge in [0.2, 0.25) is 5.91 Å². The molecule has 0 saturated heterocycles. The van der Waals surface area contributed by atoms with Gasteiger partial charge < -0.3 is 10.1 Å². The van der Waals surface area contributed by atoms with Crippen LogP contribution in [0, 0.1) is 11.7 Å². The first-order valence-corrected chi connectivity index (χ1v) is 8.55. The van der Waals surface area contributed by atoms with Crippen molar-refractivity contribution in [2.75, 3.05) is 5.32 Å². The summed E-state index contributed by atoms with van der Waals surface area (Å²) in [6.07, 6.45) is 1.67. The molecule has 1 aromatic rings. The van der Waals surface area contributed by atoms with Gasteiger partial charge in [0.15, 0.2) is 5.05 Å². The number of ether oxygens (including phenoxy) is 1. The second-order valence-corrected chi connectivity index (χ2v) is 6.50. The highest BCUT2D eigenvalue weighted by Crippen LogP contribution is 2.26. The Morgan fingerprint density at radius 1 is 1.35 bits per heavy atom. The second kappa shape index (κ2) is 9.18. The largest absolute Gasteiger partial charge is 0.484 e. The Kier molecular flexibility index (Phi) is 7.92. The molecule has 0 unspecified atom stereocenters. The molecule has 128 valence electrons. The van der Waals surface area contributed by atoms with Gasteiger partial charge in [-0.25, -0.2) is 4.39 Å². The zero-order chi connectivity index (χ0) is 17.6. The monoisotopic (exact) mass is 359 g/mol. The normalized spacial score (nSPS) is 11.0. The standard InChI is InChI=1S/C17H23ClFNO2S/c1-5-11(6-2)17(21)20-15-7-12(13(18)9-14(15)19)8-16(23)22-10(3)4/h7,9-11H,5-6,8H2,1-4H3,(H,20,21). The van der Waals surface area contributed by atoms with Crippen molar-refractivity contribution in [2.45, 2.75) is 53.1 Å². The Bertz CT molecular complexity index is 574. The predicted octanol–water partition coefficient (Wildman–Crippen LogP) is 5.15. The number of carbonyl (C=O) groups is 1. The lowest BCUT2D eigenvalue weighted by Crippen LogP contribution is -2.22. The summed E-state index contributed by atoms with van der Waals surface area (Å²) in [5.74, 6) is -0.893. The molecule has 0 spiro atoms. The van der Waals surface area contributed by atoms with Gasteiger partial charge in [0, 0.05) is 17.4 Å². The van der Waals surface area contributed by atoms with E-state index >= 15 is 0 Å². The lowest BCUT2D eigenvalue weighted by atomic mass is 10.0. The first-order chi connectivity index (χ1) is 10.8. The van der Waals surface area contributed by atoms with Crippen LogP contribution < -0.4 is 5.32 Å². The molecule has 0 saturated carbocycles. The number of hydrogen-bond donors (Lipinski definition) is 1. The minimum Gasteiger partial charge on any atom is -0.484 e. The molecule has 0 aromatic heterocycles. The molecule has 1 amide bonds. The van der Waals surface area contributed by atoms with Crippen molar-refractivity contribution in [1.82, 2.24) is 0 Å². The summed E-state index contributed by atoms with van der Waals surface area (Å²) in [7, 11) is 0. The maximum Gasteiger partial charge on any atom is 0.227 e. The van der Waals surface area contributed by atoms with E-state index in [1.165, 1.54) is 12.1 Å². The highest BCUT2D eigenvalue weighted by Gasteiger charge is 2.18. The van der Waals surface area contributed by atoms with Crippen molar-refractivity contribution in [3.05, 3.63) is 28.5 Å². The Balaban J connectivity index is 2.95. The summed E-state index contributed by atoms with van der Waals surface area (Å²) in [4.78, 5) is 12.1. The smallest absolute Gasteiger partial charge is 0.227 e. The van der Waals surface area contributed by atoms with Crippen LogP contribution in [-0.2, 0) is 16.0 Å². The number of amides is 1. The summed E-state index contributed by atoms with van der Waals surface area (Å²) in [6.45, 7) is 7.61. The highest BCUT2D eigenvalue weighted by atomic mass is 35.5. The number of rotatable bonds is 7. The van der Waals surface area contributed by atoms with Crippen LogP contribution in [0.15, 0.2) is 12.1 Å². The molecule has 3 nitrogen and oxygen atoms in total. The van der Waals surface area contributed by atoms with Crippen molar-refractivity contribution in [1.29, 1.82) is 0 Å². The molecule has 0 bridgehead atoms. The molecule has 6 heteroatoms. The summed E-state index contributed by atoms with van der Waals surface area (Å²) < 4.78 is 19.5. The third-order valence-electron chi connectivity index (χ3n) is 3.45. The lowest BCUT2D eigenvalue weighted by molar-refractivity contribution is -0.120. The molecular formula is C17H23ClFNO2S. The van der Waals surface area contributed by atoms with Crippen LogP contribution in [0.25, 0.3) is 0 Å². The maximum atomic E-state index is 14.0. The van der Waals surface area contributed by atoms with Crippen molar-refractivity contribution in [2.24, 2.45) is 5.92 Å². The highest BCUT2D eigenvalue weighted by molar-refractivity contribution is 7.80. The van der Waals surface area contributed by atoms with E-state index in [4.69, 9.17) is 28.6 Å². The van der Waals surface area contributed by atoms with E-state index in [-0.39, 0.29) is 28.6 Å². The molecule has 0 heterocycles. The van der Waals surface area contributed by atoms with Gasteiger partial charge in [-0.05, 0) is 56.6 Å². The average Bonchev–Trinajstić information content (AvgIpc) is 2.44. The van der Waals surface area contributed by atoms with Crippen LogP contribution in [0.2, 0.25) is 5.02 Å². The number of carbonyl (C=O) groups excluding carboxylic acids is 1. The number of hydrogen-bond acceptors (Lipinski definition) is 3. The molecule has 0 radical (unpaired) electrons. The number of nitrogens with one attached hydrogen (secondary N) is 1. The van der Waals surface area contributed by atoms with Gasteiger partial charge in [-0.2, -0.15) is 0 Å². The van der Waals surface area contributed by atoms with E-state index in [1.807, 2.05) is 27.7 Å². The number of anilines is 1. The third kappa shape index (κ3) is 6.07. The van der Waals surface area contributed by atoms with Crippen molar-refractivity contribution in [3.8, 4) is 0 Å². The molecule has 0 fully saturated rings.